The molecular formula is C24H25N3OVY-2. The summed E-state index contributed by atoms with van der Waals surface area (Å²) in [4.78, 5) is 12.8. The maximum Gasteiger partial charge on any atom is 0.167 e. The second-order valence-electron chi connectivity index (χ2n) is 7.72. The minimum absolute atomic E-state index is 0. The molecule has 1 amide bonds. The smallest absolute Gasteiger partial charge is 0.167 e. The number of rotatable bonds is 4. The van der Waals surface area contributed by atoms with Gasteiger partial charge in [0.2, 0.25) is 0 Å². The molecule has 1 N–H and O–H groups in total. The van der Waals surface area contributed by atoms with Crippen molar-refractivity contribution in [1.82, 2.24) is 15.1 Å². The van der Waals surface area contributed by atoms with Crippen LogP contribution < -0.4 is 5.32 Å². The van der Waals surface area contributed by atoms with Gasteiger partial charge < -0.3 is 10.1 Å². The van der Waals surface area contributed by atoms with Crippen molar-refractivity contribution in [3.8, 4) is 16.9 Å². The summed E-state index contributed by atoms with van der Waals surface area (Å²) in [5.74, 6) is -0.142. The summed E-state index contributed by atoms with van der Waals surface area (Å²) in [6, 6.07) is 18.7. The largest absolute Gasteiger partial charge is 0.400 e. The fraction of sp³-hybridized carbons (Fsp3) is 0.333. The minimum atomic E-state index is -0.142. The predicted octanol–water partition coefficient (Wildman–Crippen LogP) is 4.73. The number of aromatic nitrogens is 2. The van der Waals surface area contributed by atoms with E-state index in [1.54, 1.807) is 0 Å². The number of hydrogen-bond donors (Lipinski definition) is 1. The summed E-state index contributed by atoms with van der Waals surface area (Å²) in [6.07, 6.45) is 4.45. The number of benzene rings is 2. The Morgan fingerprint density at radius 2 is 1.87 bits per heavy atom. The van der Waals surface area contributed by atoms with Crippen LogP contribution in [0.4, 0.5) is 0 Å². The van der Waals surface area contributed by atoms with Gasteiger partial charge >= 0.3 is 0 Å². The summed E-state index contributed by atoms with van der Waals surface area (Å²) in [7, 11) is 0. The van der Waals surface area contributed by atoms with Crippen LogP contribution in [0.15, 0.2) is 36.4 Å². The standard InChI is InChI=1S/C24H25N3O.V.Y/c1-16-12-13-22(18(3)14-16)27-23(20-11-7-4-8-17(20)2)15-21(26-27)24(28)25-19-9-5-6-10-19;;/h7-8,11-14,19H,5-6,9-10H2,1-3H3,(H,25,28);;/q-2;;. The number of nitrogens with zero attached hydrogens (tertiary/aromatic N) is 2. The van der Waals surface area contributed by atoms with E-state index in [0.717, 1.165) is 40.9 Å². The number of nitrogens with one attached hydrogen (secondary N) is 1. The van der Waals surface area contributed by atoms with Crippen molar-refractivity contribution < 1.29 is 56.1 Å². The van der Waals surface area contributed by atoms with Crippen LogP contribution in [0.5, 0.6) is 0 Å². The average molecular weight is 511 g/mol. The summed E-state index contributed by atoms with van der Waals surface area (Å²) in [5, 5.41) is 7.79. The first kappa shape index (κ1) is 25.1. The van der Waals surface area contributed by atoms with Crippen molar-refractivity contribution in [2.24, 2.45) is 0 Å². The van der Waals surface area contributed by atoms with E-state index in [4.69, 9.17) is 0 Å². The number of aryl methyl sites for hydroxylation is 3. The Balaban J connectivity index is 0.00000160. The number of carbonyl (C=O) groups excluding carboxylic acids is 1. The molecule has 0 aliphatic heterocycles. The fourth-order valence-electron chi connectivity index (χ4n) is 3.94. The molecule has 0 spiro atoms. The van der Waals surface area contributed by atoms with Gasteiger partial charge in [-0.2, -0.15) is 23.3 Å². The minimum Gasteiger partial charge on any atom is -0.400 e. The Morgan fingerprint density at radius 1 is 1.13 bits per heavy atom. The first-order valence-electron chi connectivity index (χ1n) is 9.91. The van der Waals surface area contributed by atoms with Crippen LogP contribution in [0.25, 0.3) is 16.9 Å². The molecule has 0 unspecified atom stereocenters. The molecule has 2 aromatic carbocycles. The zero-order valence-electron chi connectivity index (χ0n) is 17.7. The molecule has 1 fully saturated rings. The molecule has 0 bridgehead atoms. The maximum atomic E-state index is 12.8. The number of carbonyl (C=O) groups is 1. The van der Waals surface area contributed by atoms with Gasteiger partial charge in [-0.05, 0) is 38.3 Å². The van der Waals surface area contributed by atoms with E-state index in [2.05, 4.69) is 54.6 Å². The zero-order valence-corrected chi connectivity index (χ0v) is 21.9. The van der Waals surface area contributed by atoms with Gasteiger partial charge in [0.15, 0.2) is 5.91 Å². The second-order valence-corrected chi connectivity index (χ2v) is 7.72. The van der Waals surface area contributed by atoms with E-state index in [1.165, 1.54) is 18.4 Å². The third-order valence-electron chi connectivity index (χ3n) is 5.46. The summed E-state index contributed by atoms with van der Waals surface area (Å²) in [5.41, 5.74) is 6.50. The number of hydrogen-bond acceptors (Lipinski definition) is 2. The van der Waals surface area contributed by atoms with Gasteiger partial charge in [-0.25, -0.2) is 17.2 Å². The molecule has 1 aliphatic rings. The van der Waals surface area contributed by atoms with Gasteiger partial charge in [-0.3, -0.25) is 4.68 Å². The number of amides is 1. The Morgan fingerprint density at radius 3 is 2.53 bits per heavy atom. The van der Waals surface area contributed by atoms with Crippen LogP contribution in [0, 0.1) is 32.9 Å². The van der Waals surface area contributed by atoms with Gasteiger partial charge in [0.05, 0.1) is 5.69 Å². The normalized spacial score (nSPS) is 13.4. The van der Waals surface area contributed by atoms with Gasteiger partial charge in [-0.1, -0.05) is 43.2 Å². The van der Waals surface area contributed by atoms with Crippen molar-refractivity contribution in [2.45, 2.75) is 52.5 Å². The molecule has 1 heterocycles. The van der Waals surface area contributed by atoms with Crippen molar-refractivity contribution in [3.05, 3.63) is 70.9 Å². The molecule has 1 saturated carbocycles. The average Bonchev–Trinajstić information content (AvgIpc) is 3.32. The van der Waals surface area contributed by atoms with Crippen LogP contribution in [-0.2, 0) is 51.3 Å². The molecule has 1 aliphatic carbocycles. The van der Waals surface area contributed by atoms with Crippen LogP contribution in [0.2, 0.25) is 0 Å². The Bertz CT molecular complexity index is 1030. The monoisotopic (exact) mass is 511 g/mol. The Kier molecular flexibility index (Phi) is 9.11. The third kappa shape index (κ3) is 5.34. The zero-order chi connectivity index (χ0) is 19.7. The fourth-order valence-corrected chi connectivity index (χ4v) is 3.94. The van der Waals surface area contributed by atoms with E-state index < -0.39 is 0 Å². The van der Waals surface area contributed by atoms with Crippen LogP contribution in [0.1, 0.15) is 52.9 Å². The maximum absolute atomic E-state index is 12.8. The van der Waals surface area contributed by atoms with Gasteiger partial charge in [0.1, 0.15) is 0 Å². The molecule has 1 aromatic heterocycles. The molecule has 152 valence electrons. The molecule has 0 saturated heterocycles. The van der Waals surface area contributed by atoms with E-state index >= 15 is 0 Å². The molecule has 2 radical (unpaired) electrons. The van der Waals surface area contributed by atoms with E-state index in [9.17, 15) is 4.79 Å². The SMILES string of the molecule is Cc1ccc(-n2nc(C(=O)NC3CCCC3)[c-]c2-c2cc[c-]cc2C)c(C)c1.[V].[Y]. The summed E-state index contributed by atoms with van der Waals surface area (Å²) < 4.78 is 1.85. The first-order valence-corrected chi connectivity index (χ1v) is 9.91. The Hall–Kier alpha value is -1.19. The molecule has 6 heteroatoms. The molecule has 4 rings (SSSR count). The van der Waals surface area contributed by atoms with Crippen LogP contribution in [-0.4, -0.2) is 21.7 Å². The van der Waals surface area contributed by atoms with Crippen molar-refractivity contribution in [1.29, 1.82) is 0 Å². The molecule has 4 nitrogen and oxygen atoms in total. The third-order valence-corrected chi connectivity index (χ3v) is 5.46. The predicted molar refractivity (Wildman–Crippen MR) is 111 cm³/mol. The van der Waals surface area contributed by atoms with Crippen molar-refractivity contribution in [2.75, 3.05) is 0 Å². The van der Waals surface area contributed by atoms with Gasteiger partial charge in [-0.15, -0.1) is 6.07 Å². The summed E-state index contributed by atoms with van der Waals surface area (Å²) in [6.45, 7) is 6.18. The molecule has 30 heavy (non-hydrogen) atoms. The van der Waals surface area contributed by atoms with Gasteiger partial charge in [0.25, 0.3) is 0 Å². The molecular weight excluding hydrogens is 486 g/mol. The topological polar surface area (TPSA) is 46.9 Å². The summed E-state index contributed by atoms with van der Waals surface area (Å²) >= 11 is 0. The van der Waals surface area contributed by atoms with E-state index in [1.807, 2.05) is 29.8 Å². The second kappa shape index (κ2) is 10.9. The quantitative estimate of drug-likeness (QED) is 0.515. The van der Waals surface area contributed by atoms with Crippen LogP contribution in [0.3, 0.4) is 0 Å². The van der Waals surface area contributed by atoms with E-state index in [-0.39, 0.29) is 63.2 Å². The molecule has 3 aromatic rings. The molecule has 0 atom stereocenters. The van der Waals surface area contributed by atoms with Gasteiger partial charge in [0, 0.05) is 63.0 Å². The van der Waals surface area contributed by atoms with Crippen molar-refractivity contribution in [3.63, 3.8) is 0 Å². The van der Waals surface area contributed by atoms with Crippen LogP contribution >= 0.6 is 0 Å². The Labute approximate surface area is 216 Å². The van der Waals surface area contributed by atoms with E-state index in [0.29, 0.717) is 5.69 Å². The van der Waals surface area contributed by atoms with Crippen molar-refractivity contribution >= 4 is 5.91 Å². The first-order chi connectivity index (χ1) is 13.5.